The van der Waals surface area contributed by atoms with Crippen LogP contribution < -0.4 is 10.6 Å². The highest BCUT2D eigenvalue weighted by Crippen LogP contribution is 2.36. The van der Waals surface area contributed by atoms with Gasteiger partial charge in [-0.05, 0) is 25.2 Å². The summed E-state index contributed by atoms with van der Waals surface area (Å²) in [6.45, 7) is 4.53. The lowest BCUT2D eigenvalue weighted by molar-refractivity contribution is -0.137. The Bertz CT molecular complexity index is 285. The van der Waals surface area contributed by atoms with Gasteiger partial charge in [0.1, 0.15) is 0 Å². The van der Waals surface area contributed by atoms with Crippen molar-refractivity contribution in [1.82, 2.24) is 10.6 Å². The summed E-state index contributed by atoms with van der Waals surface area (Å²) in [5.74, 6) is -0.902. The topological polar surface area (TPSA) is 78.4 Å². The van der Waals surface area contributed by atoms with Crippen LogP contribution in [0, 0.1) is 5.41 Å². The number of hydrogen-bond donors (Lipinski definition) is 3. The SMILES string of the molecule is CC(CC(=O)O)NC(=O)NCC1(C)CCCC1. The summed E-state index contributed by atoms with van der Waals surface area (Å²) in [5, 5.41) is 14.0. The zero-order valence-corrected chi connectivity index (χ0v) is 10.6. The number of carbonyl (C=O) groups excluding carboxylic acids is 1. The van der Waals surface area contributed by atoms with Crippen molar-refractivity contribution < 1.29 is 14.7 Å². The third-order valence-electron chi connectivity index (χ3n) is 3.34. The fraction of sp³-hybridized carbons (Fsp3) is 0.833. The minimum atomic E-state index is -0.902. The average molecular weight is 242 g/mol. The van der Waals surface area contributed by atoms with Crippen LogP contribution in [0.25, 0.3) is 0 Å². The Morgan fingerprint density at radius 3 is 2.47 bits per heavy atom. The Morgan fingerprint density at radius 1 is 1.35 bits per heavy atom. The molecule has 3 N–H and O–H groups in total. The summed E-state index contributed by atoms with van der Waals surface area (Å²) in [7, 11) is 0. The molecule has 98 valence electrons. The lowest BCUT2D eigenvalue weighted by Gasteiger charge is -2.24. The average Bonchev–Trinajstić information content (AvgIpc) is 2.61. The Hall–Kier alpha value is -1.26. The minimum absolute atomic E-state index is 0.0509. The highest BCUT2D eigenvalue weighted by Gasteiger charge is 2.28. The molecule has 0 aliphatic heterocycles. The van der Waals surface area contributed by atoms with Crippen LogP contribution in [-0.2, 0) is 4.79 Å². The third-order valence-corrected chi connectivity index (χ3v) is 3.34. The van der Waals surface area contributed by atoms with Gasteiger partial charge in [-0.15, -0.1) is 0 Å². The second kappa shape index (κ2) is 5.89. The molecule has 0 aromatic carbocycles. The van der Waals surface area contributed by atoms with Gasteiger partial charge in [-0.2, -0.15) is 0 Å². The molecule has 5 nitrogen and oxygen atoms in total. The molecule has 0 saturated heterocycles. The molecule has 1 saturated carbocycles. The molecule has 0 heterocycles. The highest BCUT2D eigenvalue weighted by molar-refractivity contribution is 5.75. The van der Waals surface area contributed by atoms with Crippen molar-refractivity contribution in [1.29, 1.82) is 0 Å². The summed E-state index contributed by atoms with van der Waals surface area (Å²) < 4.78 is 0. The van der Waals surface area contributed by atoms with E-state index in [0.29, 0.717) is 6.54 Å². The Balaban J connectivity index is 2.23. The van der Waals surface area contributed by atoms with Crippen molar-refractivity contribution >= 4 is 12.0 Å². The van der Waals surface area contributed by atoms with Crippen LogP contribution in [0.1, 0.15) is 46.0 Å². The smallest absolute Gasteiger partial charge is 0.315 e. The standard InChI is InChI=1S/C12H22N2O3/c1-9(7-10(15)16)14-11(17)13-8-12(2)5-3-4-6-12/h9H,3-8H2,1-2H3,(H,15,16)(H2,13,14,17). The van der Waals surface area contributed by atoms with Crippen LogP contribution >= 0.6 is 0 Å². The molecule has 0 aromatic rings. The zero-order valence-electron chi connectivity index (χ0n) is 10.6. The summed E-state index contributed by atoms with van der Waals surface area (Å²) in [5.41, 5.74) is 0.216. The van der Waals surface area contributed by atoms with Crippen LogP contribution in [0.2, 0.25) is 0 Å². The van der Waals surface area contributed by atoms with Gasteiger partial charge in [0.2, 0.25) is 0 Å². The van der Waals surface area contributed by atoms with Crippen molar-refractivity contribution in [3.05, 3.63) is 0 Å². The van der Waals surface area contributed by atoms with Gasteiger partial charge in [0, 0.05) is 12.6 Å². The monoisotopic (exact) mass is 242 g/mol. The van der Waals surface area contributed by atoms with Gasteiger partial charge in [-0.1, -0.05) is 19.8 Å². The third kappa shape index (κ3) is 5.06. The molecule has 0 bridgehead atoms. The first-order chi connectivity index (χ1) is 7.91. The summed E-state index contributed by atoms with van der Waals surface area (Å²) in [6, 6.07) is -0.615. The first-order valence-electron chi connectivity index (χ1n) is 6.17. The van der Waals surface area contributed by atoms with E-state index in [1.807, 2.05) is 0 Å². The quantitative estimate of drug-likeness (QED) is 0.687. The van der Waals surface area contributed by atoms with Crippen molar-refractivity contribution in [2.75, 3.05) is 6.54 Å². The van der Waals surface area contributed by atoms with Crippen LogP contribution in [0.15, 0.2) is 0 Å². The number of hydrogen-bond acceptors (Lipinski definition) is 2. The first kappa shape index (κ1) is 13.8. The number of urea groups is 1. The molecule has 0 aromatic heterocycles. The van der Waals surface area contributed by atoms with E-state index in [9.17, 15) is 9.59 Å². The lowest BCUT2D eigenvalue weighted by atomic mass is 9.89. The predicted octanol–water partition coefficient (Wildman–Crippen LogP) is 1.73. The molecular weight excluding hydrogens is 220 g/mol. The maximum absolute atomic E-state index is 11.5. The molecule has 1 aliphatic rings. The van der Waals surface area contributed by atoms with Gasteiger partial charge in [0.15, 0.2) is 0 Å². The molecule has 0 spiro atoms. The Morgan fingerprint density at radius 2 is 1.94 bits per heavy atom. The fourth-order valence-corrected chi connectivity index (χ4v) is 2.29. The number of aliphatic carboxylic acids is 1. The van der Waals surface area contributed by atoms with E-state index in [1.54, 1.807) is 6.92 Å². The molecule has 2 amide bonds. The van der Waals surface area contributed by atoms with Crippen LogP contribution in [0.4, 0.5) is 4.79 Å². The van der Waals surface area contributed by atoms with Gasteiger partial charge in [0.05, 0.1) is 6.42 Å². The van der Waals surface area contributed by atoms with Gasteiger partial charge in [0.25, 0.3) is 0 Å². The molecule has 1 unspecified atom stereocenters. The normalized spacial score (nSPS) is 19.6. The van der Waals surface area contributed by atoms with Crippen molar-refractivity contribution in [3.8, 4) is 0 Å². The van der Waals surface area contributed by atoms with E-state index < -0.39 is 5.97 Å². The number of rotatable bonds is 5. The van der Waals surface area contributed by atoms with Gasteiger partial charge in [-0.25, -0.2) is 4.79 Å². The Labute approximate surface area is 102 Å². The lowest BCUT2D eigenvalue weighted by Crippen LogP contribution is -2.44. The maximum Gasteiger partial charge on any atom is 0.315 e. The molecular formula is C12H22N2O3. The van der Waals surface area contributed by atoms with Crippen molar-refractivity contribution in [2.45, 2.75) is 52.0 Å². The fourth-order valence-electron chi connectivity index (χ4n) is 2.29. The molecule has 0 radical (unpaired) electrons. The summed E-state index contributed by atoms with van der Waals surface area (Å²) in [4.78, 5) is 22.0. The van der Waals surface area contributed by atoms with Gasteiger partial charge >= 0.3 is 12.0 Å². The predicted molar refractivity (Wildman–Crippen MR) is 64.8 cm³/mol. The van der Waals surface area contributed by atoms with E-state index >= 15 is 0 Å². The highest BCUT2D eigenvalue weighted by atomic mass is 16.4. The van der Waals surface area contributed by atoms with E-state index in [4.69, 9.17) is 5.11 Å². The van der Waals surface area contributed by atoms with Gasteiger partial charge < -0.3 is 15.7 Å². The van der Waals surface area contributed by atoms with Crippen LogP contribution in [0.5, 0.6) is 0 Å². The first-order valence-corrected chi connectivity index (χ1v) is 6.17. The summed E-state index contributed by atoms with van der Waals surface area (Å²) >= 11 is 0. The minimum Gasteiger partial charge on any atom is -0.481 e. The molecule has 17 heavy (non-hydrogen) atoms. The van der Waals surface area contributed by atoms with E-state index in [2.05, 4.69) is 17.6 Å². The van der Waals surface area contributed by atoms with Crippen molar-refractivity contribution in [3.63, 3.8) is 0 Å². The second-order valence-corrected chi connectivity index (χ2v) is 5.34. The summed E-state index contributed by atoms with van der Waals surface area (Å²) in [6.07, 6.45) is 4.71. The number of carboxylic acid groups (broad SMARTS) is 1. The number of carbonyl (C=O) groups is 2. The van der Waals surface area contributed by atoms with E-state index in [1.165, 1.54) is 12.8 Å². The van der Waals surface area contributed by atoms with Gasteiger partial charge in [-0.3, -0.25) is 4.79 Å². The molecule has 1 fully saturated rings. The molecule has 1 aliphatic carbocycles. The number of nitrogens with one attached hydrogen (secondary N) is 2. The maximum atomic E-state index is 11.5. The zero-order chi connectivity index (χ0) is 12.9. The number of carboxylic acids is 1. The Kier molecular flexibility index (Phi) is 4.78. The van der Waals surface area contributed by atoms with E-state index in [0.717, 1.165) is 12.8 Å². The number of amides is 2. The van der Waals surface area contributed by atoms with E-state index in [-0.39, 0.29) is 23.9 Å². The van der Waals surface area contributed by atoms with Crippen molar-refractivity contribution in [2.24, 2.45) is 5.41 Å². The second-order valence-electron chi connectivity index (χ2n) is 5.34. The van der Waals surface area contributed by atoms with Crippen LogP contribution in [-0.4, -0.2) is 29.7 Å². The molecule has 1 rings (SSSR count). The van der Waals surface area contributed by atoms with Crippen LogP contribution in [0.3, 0.4) is 0 Å². The largest absolute Gasteiger partial charge is 0.481 e. The molecule has 5 heteroatoms. The molecule has 1 atom stereocenters.